The van der Waals surface area contributed by atoms with E-state index in [-0.39, 0.29) is 17.7 Å². The van der Waals surface area contributed by atoms with Crippen molar-refractivity contribution in [2.45, 2.75) is 45.1 Å². The summed E-state index contributed by atoms with van der Waals surface area (Å²) in [5.74, 6) is 0.281. The highest BCUT2D eigenvalue weighted by Crippen LogP contribution is 2.27. The topological polar surface area (TPSA) is 61.4 Å². The van der Waals surface area contributed by atoms with Gasteiger partial charge in [0, 0.05) is 24.7 Å². The van der Waals surface area contributed by atoms with Crippen LogP contribution in [0.3, 0.4) is 0 Å². The van der Waals surface area contributed by atoms with Gasteiger partial charge >= 0.3 is 0 Å². The number of hydrogen-bond donors (Lipinski definition) is 2. The molecule has 1 aromatic rings. The molecule has 2 N–H and O–H groups in total. The lowest BCUT2D eigenvalue weighted by Gasteiger charge is -2.32. The van der Waals surface area contributed by atoms with E-state index in [9.17, 15) is 9.59 Å². The first-order valence-electron chi connectivity index (χ1n) is 9.55. The van der Waals surface area contributed by atoms with Crippen molar-refractivity contribution in [3.05, 3.63) is 28.8 Å². The van der Waals surface area contributed by atoms with Crippen molar-refractivity contribution in [3.63, 3.8) is 0 Å². The van der Waals surface area contributed by atoms with Gasteiger partial charge in [-0.15, -0.1) is 0 Å². The van der Waals surface area contributed by atoms with E-state index >= 15 is 0 Å². The lowest BCUT2D eigenvalue weighted by molar-refractivity contribution is -0.121. The predicted molar refractivity (Wildman–Crippen MR) is 105 cm³/mol. The molecular weight excluding hydrogens is 350 g/mol. The first-order chi connectivity index (χ1) is 12.5. The van der Waals surface area contributed by atoms with Crippen LogP contribution in [0.5, 0.6) is 0 Å². The van der Waals surface area contributed by atoms with Crippen LogP contribution in [-0.4, -0.2) is 42.9 Å². The van der Waals surface area contributed by atoms with E-state index in [4.69, 9.17) is 11.6 Å². The number of nitrogens with one attached hydrogen (secondary N) is 2. The SMILES string of the molecule is CC(C(=O)Nc1ccc(C(=O)N(C)C2CCCCC2)c(Cl)c1)C1CNC1. The molecule has 2 aliphatic rings. The van der Waals surface area contributed by atoms with Gasteiger partial charge in [0.15, 0.2) is 0 Å². The molecule has 1 aliphatic heterocycles. The first kappa shape index (κ1) is 19.2. The molecule has 3 rings (SSSR count). The smallest absolute Gasteiger partial charge is 0.255 e. The maximum absolute atomic E-state index is 12.8. The van der Waals surface area contributed by atoms with Crippen LogP contribution in [0.4, 0.5) is 5.69 Å². The Hall–Kier alpha value is -1.59. The van der Waals surface area contributed by atoms with Gasteiger partial charge in [0.05, 0.1) is 10.6 Å². The van der Waals surface area contributed by atoms with E-state index < -0.39 is 0 Å². The molecule has 142 valence electrons. The molecule has 1 heterocycles. The third-order valence-electron chi connectivity index (χ3n) is 5.84. The monoisotopic (exact) mass is 377 g/mol. The summed E-state index contributed by atoms with van der Waals surface area (Å²) in [4.78, 5) is 26.9. The summed E-state index contributed by atoms with van der Waals surface area (Å²) in [5.41, 5.74) is 1.13. The van der Waals surface area contributed by atoms with Crippen LogP contribution in [0.25, 0.3) is 0 Å². The van der Waals surface area contributed by atoms with Crippen LogP contribution >= 0.6 is 11.6 Å². The highest BCUT2D eigenvalue weighted by Gasteiger charge is 2.29. The van der Waals surface area contributed by atoms with Crippen molar-refractivity contribution in [1.82, 2.24) is 10.2 Å². The Morgan fingerprint density at radius 1 is 1.23 bits per heavy atom. The highest BCUT2D eigenvalue weighted by molar-refractivity contribution is 6.34. The number of nitrogens with zero attached hydrogens (tertiary/aromatic N) is 1. The van der Waals surface area contributed by atoms with Gasteiger partial charge in [0.2, 0.25) is 5.91 Å². The Morgan fingerprint density at radius 2 is 1.92 bits per heavy atom. The minimum absolute atomic E-state index is 0.00836. The van der Waals surface area contributed by atoms with Gasteiger partial charge < -0.3 is 15.5 Å². The summed E-state index contributed by atoms with van der Waals surface area (Å²) in [5, 5.41) is 6.48. The van der Waals surface area contributed by atoms with E-state index in [2.05, 4.69) is 10.6 Å². The molecule has 0 aromatic heterocycles. The summed E-state index contributed by atoms with van der Waals surface area (Å²) in [7, 11) is 1.86. The normalized spacial score (nSPS) is 19.5. The number of amides is 2. The third kappa shape index (κ3) is 4.21. The largest absolute Gasteiger partial charge is 0.339 e. The molecule has 2 amide bonds. The van der Waals surface area contributed by atoms with Gasteiger partial charge in [-0.1, -0.05) is 37.8 Å². The van der Waals surface area contributed by atoms with Gasteiger partial charge in [-0.2, -0.15) is 0 Å². The lowest BCUT2D eigenvalue weighted by atomic mass is 9.88. The second kappa shape index (κ2) is 8.40. The molecule has 1 aromatic carbocycles. The summed E-state index contributed by atoms with van der Waals surface area (Å²) >= 11 is 6.36. The molecule has 0 spiro atoms. The van der Waals surface area contributed by atoms with E-state index in [0.29, 0.717) is 28.2 Å². The van der Waals surface area contributed by atoms with Crippen molar-refractivity contribution < 1.29 is 9.59 Å². The molecule has 6 heteroatoms. The van der Waals surface area contributed by atoms with Crippen molar-refractivity contribution in [2.75, 3.05) is 25.5 Å². The van der Waals surface area contributed by atoms with Crippen molar-refractivity contribution in [3.8, 4) is 0 Å². The molecule has 5 nitrogen and oxygen atoms in total. The molecule has 1 atom stereocenters. The zero-order valence-corrected chi connectivity index (χ0v) is 16.3. The summed E-state index contributed by atoms with van der Waals surface area (Å²) in [6.45, 7) is 3.71. The van der Waals surface area contributed by atoms with E-state index in [1.165, 1.54) is 19.3 Å². The van der Waals surface area contributed by atoms with Crippen LogP contribution in [0.2, 0.25) is 5.02 Å². The van der Waals surface area contributed by atoms with Crippen molar-refractivity contribution in [1.29, 1.82) is 0 Å². The molecule has 2 fully saturated rings. The van der Waals surface area contributed by atoms with Crippen LogP contribution < -0.4 is 10.6 Å². The van der Waals surface area contributed by atoms with Crippen molar-refractivity contribution in [2.24, 2.45) is 11.8 Å². The third-order valence-corrected chi connectivity index (χ3v) is 6.16. The number of rotatable bonds is 5. The Balaban J connectivity index is 1.64. The number of carbonyl (C=O) groups is 2. The number of benzene rings is 1. The second-order valence-electron chi connectivity index (χ2n) is 7.60. The number of carbonyl (C=O) groups excluding carboxylic acids is 2. The zero-order chi connectivity index (χ0) is 18.7. The van der Waals surface area contributed by atoms with E-state index in [1.54, 1.807) is 18.2 Å². The van der Waals surface area contributed by atoms with Crippen LogP contribution in [0.1, 0.15) is 49.4 Å². The first-order valence-corrected chi connectivity index (χ1v) is 9.93. The maximum atomic E-state index is 12.8. The Labute approximate surface area is 160 Å². The van der Waals surface area contributed by atoms with E-state index in [1.807, 2.05) is 18.9 Å². The molecule has 0 radical (unpaired) electrons. The molecule has 1 saturated heterocycles. The summed E-state index contributed by atoms with van der Waals surface area (Å²) in [6, 6.07) is 5.45. The minimum atomic E-state index is -0.0475. The Bertz CT molecular complexity index is 669. The number of halogens is 1. The van der Waals surface area contributed by atoms with Crippen molar-refractivity contribution >= 4 is 29.1 Å². The summed E-state index contributed by atoms with van der Waals surface area (Å²) in [6.07, 6.45) is 5.72. The predicted octanol–water partition coefficient (Wildman–Crippen LogP) is 3.54. The molecule has 26 heavy (non-hydrogen) atoms. The van der Waals surface area contributed by atoms with Gasteiger partial charge in [-0.25, -0.2) is 0 Å². The zero-order valence-electron chi connectivity index (χ0n) is 15.6. The second-order valence-corrected chi connectivity index (χ2v) is 8.01. The van der Waals surface area contributed by atoms with Crippen LogP contribution in [0, 0.1) is 11.8 Å². The molecule has 1 saturated carbocycles. The quantitative estimate of drug-likeness (QED) is 0.825. The average molecular weight is 378 g/mol. The van der Waals surface area contributed by atoms with Crippen LogP contribution in [0.15, 0.2) is 18.2 Å². The standard InChI is InChI=1S/C20H28ClN3O2/c1-13(14-11-22-12-14)19(25)23-15-8-9-17(18(21)10-15)20(26)24(2)16-6-4-3-5-7-16/h8-10,13-14,16,22H,3-7,11-12H2,1-2H3,(H,23,25). The summed E-state index contributed by atoms with van der Waals surface area (Å²) < 4.78 is 0. The average Bonchev–Trinajstić information content (AvgIpc) is 2.60. The fraction of sp³-hybridized carbons (Fsp3) is 0.600. The Kier molecular flexibility index (Phi) is 6.20. The molecule has 0 bridgehead atoms. The van der Waals surface area contributed by atoms with E-state index in [0.717, 1.165) is 25.9 Å². The maximum Gasteiger partial charge on any atom is 0.255 e. The molecular formula is C20H28ClN3O2. The lowest BCUT2D eigenvalue weighted by Crippen LogP contribution is -2.48. The van der Waals surface area contributed by atoms with Gasteiger partial charge in [0.1, 0.15) is 0 Å². The minimum Gasteiger partial charge on any atom is -0.339 e. The Morgan fingerprint density at radius 3 is 2.50 bits per heavy atom. The number of hydrogen-bond acceptors (Lipinski definition) is 3. The van der Waals surface area contributed by atoms with Gasteiger partial charge in [-0.3, -0.25) is 9.59 Å². The highest BCUT2D eigenvalue weighted by atomic mass is 35.5. The fourth-order valence-electron chi connectivity index (χ4n) is 3.73. The number of anilines is 1. The van der Waals surface area contributed by atoms with Gasteiger partial charge in [-0.05, 0) is 50.0 Å². The fourth-order valence-corrected chi connectivity index (χ4v) is 3.99. The molecule has 1 unspecified atom stereocenters. The van der Waals surface area contributed by atoms with Gasteiger partial charge in [0.25, 0.3) is 5.91 Å². The van der Waals surface area contributed by atoms with Crippen LogP contribution in [-0.2, 0) is 4.79 Å². The molecule has 1 aliphatic carbocycles.